The molecule has 1 aliphatic rings. The molecule has 0 radical (unpaired) electrons. The second-order valence-electron chi connectivity index (χ2n) is 3.57. The first-order valence-electron chi connectivity index (χ1n) is 3.99. The molecule has 0 aromatic carbocycles. The molecule has 3 atom stereocenters. The first kappa shape index (κ1) is 8.02. The molecule has 1 fully saturated rings. The van der Waals surface area contributed by atoms with Crippen molar-refractivity contribution in [2.75, 3.05) is 13.6 Å². The molecule has 1 heterocycles. The van der Waals surface area contributed by atoms with Crippen molar-refractivity contribution in [2.24, 2.45) is 5.92 Å². The minimum absolute atomic E-state index is 0.0776. The minimum atomic E-state index is -0.0776. The van der Waals surface area contributed by atoms with Gasteiger partial charge in [-0.1, -0.05) is 6.92 Å². The van der Waals surface area contributed by atoms with Gasteiger partial charge in [-0.2, -0.15) is 0 Å². The van der Waals surface area contributed by atoms with Gasteiger partial charge in [0.15, 0.2) is 0 Å². The number of hydrogen-bond donors (Lipinski definition) is 1. The average Bonchev–Trinajstić information content (AvgIpc) is 1.84. The Morgan fingerprint density at radius 1 is 1.40 bits per heavy atom. The van der Waals surface area contributed by atoms with E-state index in [4.69, 9.17) is 0 Å². The van der Waals surface area contributed by atoms with Crippen molar-refractivity contribution in [1.82, 2.24) is 4.90 Å². The maximum absolute atomic E-state index is 9.44. The van der Waals surface area contributed by atoms with Gasteiger partial charge in [0, 0.05) is 12.6 Å². The molecule has 1 aliphatic heterocycles. The lowest BCUT2D eigenvalue weighted by Crippen LogP contribution is -2.45. The van der Waals surface area contributed by atoms with E-state index in [0.717, 1.165) is 13.0 Å². The highest BCUT2D eigenvalue weighted by Gasteiger charge is 2.26. The highest BCUT2D eigenvalue weighted by atomic mass is 16.3. The van der Waals surface area contributed by atoms with E-state index in [1.807, 2.05) is 0 Å². The smallest absolute Gasteiger partial charge is 0.0592 e. The van der Waals surface area contributed by atoms with Gasteiger partial charge in [-0.3, -0.25) is 0 Å². The molecule has 0 spiro atoms. The predicted octanol–water partition coefficient (Wildman–Crippen LogP) is 0.707. The van der Waals surface area contributed by atoms with Crippen molar-refractivity contribution in [3.05, 3.63) is 0 Å². The number of aliphatic hydroxyl groups excluding tert-OH is 1. The van der Waals surface area contributed by atoms with E-state index in [1.165, 1.54) is 0 Å². The third kappa shape index (κ3) is 1.50. The number of rotatable bonds is 0. The summed E-state index contributed by atoms with van der Waals surface area (Å²) < 4.78 is 0. The number of hydrogen-bond acceptors (Lipinski definition) is 2. The monoisotopic (exact) mass is 143 g/mol. The first-order chi connectivity index (χ1) is 4.61. The van der Waals surface area contributed by atoms with Crippen LogP contribution in [0.4, 0.5) is 0 Å². The minimum Gasteiger partial charge on any atom is -0.393 e. The Bertz CT molecular complexity index is 89.8. The Morgan fingerprint density at radius 2 is 2.00 bits per heavy atom. The number of aliphatic hydroxyl groups is 1. The number of likely N-dealkylation sites (tertiary alicyclic amines) is 1. The van der Waals surface area contributed by atoms with Crippen LogP contribution in [0.1, 0.15) is 20.3 Å². The molecule has 0 aromatic rings. The van der Waals surface area contributed by atoms with Crippen LogP contribution < -0.4 is 0 Å². The lowest BCUT2D eigenvalue weighted by molar-refractivity contribution is 0.0175. The van der Waals surface area contributed by atoms with Crippen molar-refractivity contribution >= 4 is 0 Å². The highest BCUT2D eigenvalue weighted by Crippen LogP contribution is 2.19. The maximum Gasteiger partial charge on any atom is 0.0592 e. The Hall–Kier alpha value is -0.0800. The van der Waals surface area contributed by atoms with Crippen LogP contribution in [0.2, 0.25) is 0 Å². The molecular formula is C8H17NO. The zero-order valence-corrected chi connectivity index (χ0v) is 7.04. The molecule has 1 rings (SSSR count). The largest absolute Gasteiger partial charge is 0.393 e. The van der Waals surface area contributed by atoms with Crippen molar-refractivity contribution in [3.8, 4) is 0 Å². The van der Waals surface area contributed by atoms with Crippen LogP contribution in [0.3, 0.4) is 0 Å². The number of nitrogens with zero attached hydrogens (tertiary/aromatic N) is 1. The molecule has 2 heteroatoms. The Labute approximate surface area is 62.8 Å². The van der Waals surface area contributed by atoms with E-state index in [-0.39, 0.29) is 6.10 Å². The lowest BCUT2D eigenvalue weighted by atomic mass is 9.93. The fourth-order valence-electron chi connectivity index (χ4n) is 1.52. The van der Waals surface area contributed by atoms with Gasteiger partial charge < -0.3 is 10.0 Å². The van der Waals surface area contributed by atoms with Crippen molar-refractivity contribution in [1.29, 1.82) is 0 Å². The molecule has 0 saturated carbocycles. The van der Waals surface area contributed by atoms with Gasteiger partial charge in [0.2, 0.25) is 0 Å². The third-order valence-corrected chi connectivity index (χ3v) is 2.57. The van der Waals surface area contributed by atoms with Crippen LogP contribution in [-0.4, -0.2) is 35.7 Å². The second kappa shape index (κ2) is 2.89. The summed E-state index contributed by atoms with van der Waals surface area (Å²) in [6.45, 7) is 5.30. The average molecular weight is 143 g/mol. The third-order valence-electron chi connectivity index (χ3n) is 2.57. The fraction of sp³-hybridized carbons (Fsp3) is 1.00. The molecule has 1 N–H and O–H groups in total. The van der Waals surface area contributed by atoms with Gasteiger partial charge in [-0.05, 0) is 26.3 Å². The molecule has 0 amide bonds. The quantitative estimate of drug-likeness (QED) is 0.540. The molecule has 60 valence electrons. The molecule has 0 bridgehead atoms. The first-order valence-corrected chi connectivity index (χ1v) is 3.99. The number of piperidine rings is 1. The standard InChI is InChI=1S/C8H17NO/c1-6-5-9(3)7(2)4-8(6)10/h6-8,10H,4-5H2,1-3H3/t6-,7+,8+/m0/s1. The van der Waals surface area contributed by atoms with Gasteiger partial charge >= 0.3 is 0 Å². The van der Waals surface area contributed by atoms with Gasteiger partial charge in [-0.15, -0.1) is 0 Å². The molecule has 0 unspecified atom stereocenters. The van der Waals surface area contributed by atoms with Crippen molar-refractivity contribution < 1.29 is 5.11 Å². The SMILES string of the molecule is C[C@@H]1C[C@@H](O)[C@@H](C)CN1C. The normalized spacial score (nSPS) is 43.8. The summed E-state index contributed by atoms with van der Waals surface area (Å²) in [6.07, 6.45) is 0.851. The maximum atomic E-state index is 9.44. The van der Waals surface area contributed by atoms with E-state index in [1.54, 1.807) is 0 Å². The van der Waals surface area contributed by atoms with Crippen molar-refractivity contribution in [3.63, 3.8) is 0 Å². The van der Waals surface area contributed by atoms with E-state index < -0.39 is 0 Å². The van der Waals surface area contributed by atoms with E-state index >= 15 is 0 Å². The van der Waals surface area contributed by atoms with Crippen LogP contribution in [-0.2, 0) is 0 Å². The Kier molecular flexibility index (Phi) is 2.32. The zero-order chi connectivity index (χ0) is 7.72. The Morgan fingerprint density at radius 3 is 2.50 bits per heavy atom. The van der Waals surface area contributed by atoms with Crippen LogP contribution in [0.15, 0.2) is 0 Å². The van der Waals surface area contributed by atoms with Gasteiger partial charge in [0.05, 0.1) is 6.10 Å². The van der Waals surface area contributed by atoms with Crippen LogP contribution in [0, 0.1) is 5.92 Å². The molecule has 1 saturated heterocycles. The van der Waals surface area contributed by atoms with Crippen molar-refractivity contribution in [2.45, 2.75) is 32.4 Å². The van der Waals surface area contributed by atoms with Gasteiger partial charge in [0.1, 0.15) is 0 Å². The van der Waals surface area contributed by atoms with E-state index in [2.05, 4.69) is 25.8 Å². The Balaban J connectivity index is 2.46. The summed E-state index contributed by atoms with van der Waals surface area (Å²) in [4.78, 5) is 2.30. The van der Waals surface area contributed by atoms with Gasteiger partial charge in [0.25, 0.3) is 0 Å². The summed E-state index contributed by atoms with van der Waals surface area (Å²) in [7, 11) is 2.12. The summed E-state index contributed by atoms with van der Waals surface area (Å²) in [6, 6.07) is 0.547. The molecule has 2 nitrogen and oxygen atoms in total. The summed E-state index contributed by atoms with van der Waals surface area (Å²) in [5.74, 6) is 0.446. The van der Waals surface area contributed by atoms with E-state index in [0.29, 0.717) is 12.0 Å². The highest BCUT2D eigenvalue weighted by molar-refractivity contribution is 4.80. The summed E-state index contributed by atoms with van der Waals surface area (Å²) in [5.41, 5.74) is 0. The fourth-order valence-corrected chi connectivity index (χ4v) is 1.52. The van der Waals surface area contributed by atoms with Crippen LogP contribution in [0.5, 0.6) is 0 Å². The van der Waals surface area contributed by atoms with Crippen LogP contribution in [0.25, 0.3) is 0 Å². The topological polar surface area (TPSA) is 23.5 Å². The lowest BCUT2D eigenvalue weighted by Gasteiger charge is -2.37. The summed E-state index contributed by atoms with van der Waals surface area (Å²) in [5, 5.41) is 9.44. The molecule has 10 heavy (non-hydrogen) atoms. The molecule has 0 aliphatic carbocycles. The molecular weight excluding hydrogens is 126 g/mol. The zero-order valence-electron chi connectivity index (χ0n) is 7.04. The van der Waals surface area contributed by atoms with E-state index in [9.17, 15) is 5.11 Å². The van der Waals surface area contributed by atoms with Crippen LogP contribution >= 0.6 is 0 Å². The van der Waals surface area contributed by atoms with Gasteiger partial charge in [-0.25, -0.2) is 0 Å². The molecule has 0 aromatic heterocycles. The predicted molar refractivity (Wildman–Crippen MR) is 41.9 cm³/mol. The second-order valence-corrected chi connectivity index (χ2v) is 3.57. The summed E-state index contributed by atoms with van der Waals surface area (Å²) >= 11 is 0.